The van der Waals surface area contributed by atoms with Crippen molar-refractivity contribution in [3.63, 3.8) is 0 Å². The number of hydrogen-bond acceptors (Lipinski definition) is 9. The van der Waals surface area contributed by atoms with Crippen LogP contribution in [0.1, 0.15) is 18.4 Å². The number of halogens is 2. The normalized spacial score (nSPS) is 11.7. The van der Waals surface area contributed by atoms with Crippen LogP contribution >= 0.6 is 31.9 Å². The lowest BCUT2D eigenvalue weighted by Crippen LogP contribution is -2.25. The van der Waals surface area contributed by atoms with Gasteiger partial charge in [-0.15, -0.1) is 5.10 Å². The van der Waals surface area contributed by atoms with E-state index in [1.165, 1.54) is 5.01 Å². The highest BCUT2D eigenvalue weighted by Crippen LogP contribution is 2.30. The number of aromatic nitrogens is 3. The van der Waals surface area contributed by atoms with Gasteiger partial charge in [0.25, 0.3) is 0 Å². The number of nitrogens with one attached hydrogen (secondary N) is 1. The molecule has 1 heterocycles. The van der Waals surface area contributed by atoms with Crippen molar-refractivity contribution in [3.8, 4) is 28.4 Å². The Morgan fingerprint density at radius 1 is 0.953 bits per heavy atom. The summed E-state index contributed by atoms with van der Waals surface area (Å²) in [7, 11) is 6.02. The zero-order chi connectivity index (χ0) is 30.8. The minimum Gasteiger partial charge on any atom is -0.492 e. The summed E-state index contributed by atoms with van der Waals surface area (Å²) in [5.41, 5.74) is 11.1. The summed E-state index contributed by atoms with van der Waals surface area (Å²) < 4.78 is 15.2. The third-order valence-corrected chi connectivity index (χ3v) is 7.75. The second kappa shape index (κ2) is 15.9. The van der Waals surface area contributed by atoms with E-state index in [9.17, 15) is 0 Å². The number of anilines is 1. The molecule has 43 heavy (non-hydrogen) atoms. The zero-order valence-corrected chi connectivity index (χ0v) is 27.8. The van der Waals surface area contributed by atoms with Crippen LogP contribution in [0.3, 0.4) is 0 Å². The smallest absolute Gasteiger partial charge is 0.133 e. The van der Waals surface area contributed by atoms with Gasteiger partial charge in [-0.05, 0) is 114 Å². The Morgan fingerprint density at radius 2 is 1.63 bits per heavy atom. The lowest BCUT2D eigenvalue weighted by molar-refractivity contribution is 0.280. The number of hydrogen-bond donors (Lipinski definition) is 3. The topological polar surface area (TPSA) is 120 Å². The van der Waals surface area contributed by atoms with Gasteiger partial charge in [-0.1, -0.05) is 29.5 Å². The Balaban J connectivity index is 1.38. The number of hydrazine groups is 1. The largest absolute Gasteiger partial charge is 0.492 e. The summed E-state index contributed by atoms with van der Waals surface area (Å²) in [5, 5.41) is 13.3. The Hall–Kier alpha value is -3.42. The first-order valence-electron chi connectivity index (χ1n) is 13.9. The summed E-state index contributed by atoms with van der Waals surface area (Å²) in [6.45, 7) is 3.16. The predicted octanol–water partition coefficient (Wildman–Crippen LogP) is 5.42. The van der Waals surface area contributed by atoms with Crippen molar-refractivity contribution in [2.75, 3.05) is 52.5 Å². The van der Waals surface area contributed by atoms with Crippen molar-refractivity contribution in [2.24, 2.45) is 11.6 Å². The van der Waals surface area contributed by atoms with Gasteiger partial charge >= 0.3 is 0 Å². The molecule has 4 aromatic rings. The van der Waals surface area contributed by atoms with Crippen LogP contribution in [0.15, 0.2) is 82.0 Å². The van der Waals surface area contributed by atoms with Gasteiger partial charge < -0.3 is 25.4 Å². The van der Waals surface area contributed by atoms with Crippen LogP contribution in [0.2, 0.25) is 0 Å². The molecule has 0 atom stereocenters. The van der Waals surface area contributed by atoms with Crippen molar-refractivity contribution in [1.82, 2.24) is 25.2 Å². The van der Waals surface area contributed by atoms with Crippen LogP contribution in [0, 0.1) is 0 Å². The molecule has 3 aromatic carbocycles. The zero-order valence-electron chi connectivity index (χ0n) is 24.6. The summed E-state index contributed by atoms with van der Waals surface area (Å²) in [6.07, 6.45) is 5.45. The molecule has 5 N–H and O–H groups in total. The maximum absolute atomic E-state index is 6.40. The third kappa shape index (κ3) is 9.28. The van der Waals surface area contributed by atoms with Crippen LogP contribution < -0.4 is 31.4 Å². The van der Waals surface area contributed by atoms with Gasteiger partial charge in [0.05, 0.1) is 45.4 Å². The number of benzene rings is 3. The van der Waals surface area contributed by atoms with E-state index in [2.05, 4.69) is 52.4 Å². The number of rotatable bonds is 15. The van der Waals surface area contributed by atoms with Crippen molar-refractivity contribution < 1.29 is 9.47 Å². The van der Waals surface area contributed by atoms with E-state index in [0.717, 1.165) is 74.6 Å². The molecule has 10 nitrogen and oxygen atoms in total. The molecule has 0 unspecified atom stereocenters. The highest BCUT2D eigenvalue weighted by atomic mass is 79.9. The molecule has 12 heteroatoms. The maximum Gasteiger partial charge on any atom is 0.133 e. The van der Waals surface area contributed by atoms with Crippen LogP contribution in [-0.2, 0) is 0 Å². The lowest BCUT2D eigenvalue weighted by atomic mass is 10.1. The fraction of sp³-hybridized carbons (Fsp3) is 0.290. The lowest BCUT2D eigenvalue weighted by Gasteiger charge is -2.17. The summed E-state index contributed by atoms with van der Waals surface area (Å²) in [4.78, 5) is 2.13. The van der Waals surface area contributed by atoms with Crippen molar-refractivity contribution in [3.05, 3.63) is 87.6 Å². The third-order valence-electron chi connectivity index (χ3n) is 6.52. The quantitative estimate of drug-likeness (QED) is 0.0844. The molecule has 0 saturated heterocycles. The van der Waals surface area contributed by atoms with E-state index < -0.39 is 0 Å². The number of ether oxygens (including phenoxy) is 2. The second-order valence-electron chi connectivity index (χ2n) is 10.2. The molecular weight excluding hydrogens is 676 g/mol. The van der Waals surface area contributed by atoms with E-state index in [1.54, 1.807) is 10.9 Å². The molecule has 0 fully saturated rings. The number of nitrogens with zero attached hydrogens (tertiary/aromatic N) is 5. The van der Waals surface area contributed by atoms with Crippen LogP contribution in [0.5, 0.6) is 11.5 Å². The average Bonchev–Trinajstić information content (AvgIpc) is 3.49. The summed E-state index contributed by atoms with van der Waals surface area (Å²) in [5.74, 6) is 7.88. The Morgan fingerprint density at radius 3 is 2.28 bits per heavy atom. The first-order valence-corrected chi connectivity index (χ1v) is 15.5. The number of nitrogens with two attached hydrogens (primary N) is 2. The summed E-state index contributed by atoms with van der Waals surface area (Å²) >= 11 is 7.18. The molecule has 0 amide bonds. The van der Waals surface area contributed by atoms with Gasteiger partial charge in [0.2, 0.25) is 0 Å². The molecule has 0 aliphatic heterocycles. The van der Waals surface area contributed by atoms with Gasteiger partial charge in [0, 0.05) is 18.3 Å². The van der Waals surface area contributed by atoms with Crippen molar-refractivity contribution in [1.29, 1.82) is 0 Å². The molecule has 0 saturated carbocycles. The average molecular weight is 715 g/mol. The van der Waals surface area contributed by atoms with E-state index in [4.69, 9.17) is 21.1 Å². The SMILES string of the molecule is CNCCCOc1ccc(-n2cc(-c3ccc(/C(N)=C/N(N)c4ccc(OCCCN(C)C)c(Br)c4)cc3)nn2)cc1Br. The maximum atomic E-state index is 6.40. The molecule has 228 valence electrons. The molecule has 0 aliphatic carbocycles. The van der Waals surface area contributed by atoms with E-state index >= 15 is 0 Å². The second-order valence-corrected chi connectivity index (χ2v) is 11.9. The monoisotopic (exact) mass is 712 g/mol. The van der Waals surface area contributed by atoms with Gasteiger partial charge in [-0.3, -0.25) is 5.01 Å². The molecular formula is C31H38Br2N8O2. The van der Waals surface area contributed by atoms with Gasteiger partial charge in [-0.25, -0.2) is 10.5 Å². The first kappa shape index (κ1) is 32.5. The van der Waals surface area contributed by atoms with Gasteiger partial charge in [0.15, 0.2) is 0 Å². The molecule has 1 aromatic heterocycles. The van der Waals surface area contributed by atoms with Crippen LogP contribution in [-0.4, -0.2) is 67.3 Å². The molecule has 0 spiro atoms. The molecule has 4 rings (SSSR count). The molecule has 0 aliphatic rings. The summed E-state index contributed by atoms with van der Waals surface area (Å²) in [6, 6.07) is 19.3. The molecule has 0 bridgehead atoms. The first-order chi connectivity index (χ1) is 20.7. The highest BCUT2D eigenvalue weighted by molar-refractivity contribution is 9.11. The standard InChI is InChI=1S/C31H38Br2N8O2/c1-36-14-4-16-42-31-13-11-25(19-27(31)33)41-21-29(37-38-41)23-8-6-22(7-9-23)28(34)20-40(35)24-10-12-30(26(32)18-24)43-17-5-15-39(2)3/h6-13,18-21,36H,4-5,14-17,34-35H2,1-3H3/b28-20-. The Kier molecular flexibility index (Phi) is 12.0. The van der Waals surface area contributed by atoms with Crippen molar-refractivity contribution >= 4 is 43.2 Å². The Labute approximate surface area is 269 Å². The van der Waals surface area contributed by atoms with Crippen LogP contribution in [0.25, 0.3) is 22.6 Å². The fourth-order valence-corrected chi connectivity index (χ4v) is 5.13. The van der Waals surface area contributed by atoms with E-state index in [1.807, 2.05) is 88.0 Å². The van der Waals surface area contributed by atoms with Gasteiger partial charge in [0.1, 0.15) is 17.2 Å². The Bertz CT molecular complexity index is 1510. The molecule has 0 radical (unpaired) electrons. The van der Waals surface area contributed by atoms with Crippen molar-refractivity contribution in [2.45, 2.75) is 12.8 Å². The predicted molar refractivity (Wildman–Crippen MR) is 180 cm³/mol. The van der Waals surface area contributed by atoms with Crippen LogP contribution in [0.4, 0.5) is 5.69 Å². The van der Waals surface area contributed by atoms with E-state index in [-0.39, 0.29) is 0 Å². The van der Waals surface area contributed by atoms with Gasteiger partial charge in [-0.2, -0.15) is 0 Å². The minimum atomic E-state index is 0.524. The van der Waals surface area contributed by atoms with E-state index in [0.29, 0.717) is 18.9 Å². The highest BCUT2D eigenvalue weighted by Gasteiger charge is 2.10. The minimum absolute atomic E-state index is 0.524. The fourth-order valence-electron chi connectivity index (χ4n) is 4.17.